The summed E-state index contributed by atoms with van der Waals surface area (Å²) in [5.41, 5.74) is 5.53. The number of carbonyl (C=O) groups is 3. The van der Waals surface area contributed by atoms with Crippen molar-refractivity contribution in [2.24, 2.45) is 5.73 Å². The Balaban J connectivity index is 2.29. The Morgan fingerprint density at radius 3 is 2.28 bits per heavy atom. The van der Waals surface area contributed by atoms with Crippen LogP contribution in [-0.2, 0) is 20.7 Å². The summed E-state index contributed by atoms with van der Waals surface area (Å²) >= 11 is 0. The number of hydrogen-bond acceptors (Lipinski definition) is 4. The molecule has 0 aliphatic heterocycles. The van der Waals surface area contributed by atoms with E-state index in [1.807, 2.05) is 42.5 Å². The Hall–Kier alpha value is -3.09. The van der Waals surface area contributed by atoms with Crippen molar-refractivity contribution in [1.29, 1.82) is 0 Å². The molecule has 0 saturated carbocycles. The summed E-state index contributed by atoms with van der Waals surface area (Å²) in [6.45, 7) is 6.97. The van der Waals surface area contributed by atoms with Crippen LogP contribution in [0.4, 0.5) is 4.79 Å². The number of alkyl carbamates (subject to hydrolysis) is 1. The zero-order valence-electron chi connectivity index (χ0n) is 17.3. The molecule has 0 aliphatic rings. The Kier molecular flexibility index (Phi) is 7.20. The van der Waals surface area contributed by atoms with E-state index >= 15 is 0 Å². The van der Waals surface area contributed by atoms with Gasteiger partial charge in [-0.2, -0.15) is 0 Å². The Bertz CT molecular complexity index is 884. The largest absolute Gasteiger partial charge is 0.444 e. The van der Waals surface area contributed by atoms with E-state index in [4.69, 9.17) is 10.5 Å². The smallest absolute Gasteiger partial charge is 0.408 e. The highest BCUT2D eigenvalue weighted by atomic mass is 16.6. The number of amides is 3. The maximum atomic E-state index is 12.9. The first kappa shape index (κ1) is 22.2. The van der Waals surface area contributed by atoms with Crippen LogP contribution >= 0.6 is 0 Å². The molecule has 7 heteroatoms. The van der Waals surface area contributed by atoms with Gasteiger partial charge >= 0.3 is 6.09 Å². The number of nitrogens with one attached hydrogen (secondary N) is 2. The van der Waals surface area contributed by atoms with Crippen LogP contribution in [0.1, 0.15) is 39.7 Å². The van der Waals surface area contributed by atoms with Gasteiger partial charge in [0, 0.05) is 6.42 Å². The summed E-state index contributed by atoms with van der Waals surface area (Å²) in [6, 6.07) is 11.9. The van der Waals surface area contributed by atoms with Crippen molar-refractivity contribution in [1.82, 2.24) is 10.6 Å². The summed E-state index contributed by atoms with van der Waals surface area (Å²) < 4.78 is 5.30. The fourth-order valence-electron chi connectivity index (χ4n) is 3.00. The molecular weight excluding hydrogens is 370 g/mol. The zero-order chi connectivity index (χ0) is 21.6. The first-order valence-electron chi connectivity index (χ1n) is 9.66. The predicted octanol–water partition coefficient (Wildman–Crippen LogP) is 2.66. The van der Waals surface area contributed by atoms with Gasteiger partial charge in [-0.05, 0) is 43.5 Å². The number of carbonyl (C=O) groups excluding carboxylic acids is 3. The van der Waals surface area contributed by atoms with E-state index in [1.54, 1.807) is 27.7 Å². The molecule has 0 bridgehead atoms. The lowest BCUT2D eigenvalue weighted by Gasteiger charge is -2.25. The lowest BCUT2D eigenvalue weighted by Crippen LogP contribution is -2.54. The summed E-state index contributed by atoms with van der Waals surface area (Å²) in [7, 11) is 0. The molecule has 2 atom stereocenters. The SMILES string of the molecule is CC[C@H](NC(=O)C(Cc1cccc2ccccc12)NC(=O)OC(C)(C)C)C(N)=O. The van der Waals surface area contributed by atoms with Gasteiger partial charge in [-0.3, -0.25) is 9.59 Å². The minimum absolute atomic E-state index is 0.238. The monoisotopic (exact) mass is 399 g/mol. The van der Waals surface area contributed by atoms with Crippen molar-refractivity contribution >= 4 is 28.7 Å². The van der Waals surface area contributed by atoms with Crippen LogP contribution in [0.15, 0.2) is 42.5 Å². The fourth-order valence-corrected chi connectivity index (χ4v) is 3.00. The molecule has 2 rings (SSSR count). The quantitative estimate of drug-likeness (QED) is 0.665. The average Bonchev–Trinajstić information content (AvgIpc) is 2.63. The molecule has 0 radical (unpaired) electrons. The third kappa shape index (κ3) is 6.48. The van der Waals surface area contributed by atoms with Crippen LogP contribution in [0, 0.1) is 0 Å². The summed E-state index contributed by atoms with van der Waals surface area (Å²) in [6.07, 6.45) is -0.110. The van der Waals surface area contributed by atoms with Gasteiger partial charge in [0.05, 0.1) is 0 Å². The van der Waals surface area contributed by atoms with E-state index in [2.05, 4.69) is 10.6 Å². The number of benzene rings is 2. The van der Waals surface area contributed by atoms with E-state index in [0.717, 1.165) is 16.3 Å². The van der Waals surface area contributed by atoms with Crippen LogP contribution in [-0.4, -0.2) is 35.6 Å². The summed E-state index contributed by atoms with van der Waals surface area (Å²) in [5.74, 6) is -1.11. The Morgan fingerprint density at radius 1 is 1.00 bits per heavy atom. The molecule has 0 heterocycles. The third-order valence-corrected chi connectivity index (χ3v) is 4.38. The number of hydrogen-bond donors (Lipinski definition) is 3. The molecular formula is C22H29N3O4. The van der Waals surface area contributed by atoms with Gasteiger partial charge in [0.15, 0.2) is 0 Å². The molecule has 0 aromatic heterocycles. The average molecular weight is 399 g/mol. The van der Waals surface area contributed by atoms with Crippen molar-refractivity contribution in [3.05, 3.63) is 48.0 Å². The Labute approximate surface area is 171 Å². The van der Waals surface area contributed by atoms with E-state index in [9.17, 15) is 14.4 Å². The summed E-state index contributed by atoms with van der Waals surface area (Å²) in [5, 5.41) is 7.27. The van der Waals surface area contributed by atoms with Gasteiger partial charge in [0.25, 0.3) is 0 Å². The molecule has 0 fully saturated rings. The number of fused-ring (bicyclic) bond motifs is 1. The van der Waals surface area contributed by atoms with E-state index in [1.165, 1.54) is 0 Å². The second-order valence-electron chi connectivity index (χ2n) is 7.91. The highest BCUT2D eigenvalue weighted by molar-refractivity contribution is 5.92. The molecule has 29 heavy (non-hydrogen) atoms. The molecule has 1 unspecified atom stereocenters. The van der Waals surface area contributed by atoms with Crippen molar-refractivity contribution in [2.75, 3.05) is 0 Å². The standard InChI is InChI=1S/C22H29N3O4/c1-5-17(19(23)26)24-20(27)18(25-21(28)29-22(2,3)4)13-15-11-8-10-14-9-6-7-12-16(14)15/h6-12,17-18H,5,13H2,1-4H3,(H2,23,26)(H,24,27)(H,25,28)/t17-,18?/m0/s1. The fraction of sp³-hybridized carbons (Fsp3) is 0.409. The van der Waals surface area contributed by atoms with E-state index in [-0.39, 0.29) is 6.42 Å². The minimum atomic E-state index is -0.927. The van der Waals surface area contributed by atoms with Gasteiger partial charge < -0.3 is 21.1 Å². The molecule has 2 aromatic carbocycles. The molecule has 7 nitrogen and oxygen atoms in total. The topological polar surface area (TPSA) is 111 Å². The molecule has 3 amide bonds. The lowest BCUT2D eigenvalue weighted by molar-refractivity contribution is -0.128. The van der Waals surface area contributed by atoms with Crippen LogP contribution in [0.2, 0.25) is 0 Å². The van der Waals surface area contributed by atoms with Crippen molar-refractivity contribution in [3.63, 3.8) is 0 Å². The molecule has 0 spiro atoms. The second kappa shape index (κ2) is 9.41. The van der Waals surface area contributed by atoms with Crippen LogP contribution < -0.4 is 16.4 Å². The number of rotatable bonds is 7. The van der Waals surface area contributed by atoms with Crippen LogP contribution in [0.3, 0.4) is 0 Å². The highest BCUT2D eigenvalue weighted by Gasteiger charge is 2.27. The van der Waals surface area contributed by atoms with Gasteiger partial charge in [-0.1, -0.05) is 49.4 Å². The van der Waals surface area contributed by atoms with Gasteiger partial charge in [-0.25, -0.2) is 4.79 Å². The molecule has 0 aliphatic carbocycles. The van der Waals surface area contributed by atoms with Gasteiger partial charge in [0.2, 0.25) is 11.8 Å². The zero-order valence-corrected chi connectivity index (χ0v) is 17.3. The molecule has 156 valence electrons. The van der Waals surface area contributed by atoms with Crippen LogP contribution in [0.25, 0.3) is 10.8 Å². The van der Waals surface area contributed by atoms with E-state index in [0.29, 0.717) is 6.42 Å². The molecule has 4 N–H and O–H groups in total. The maximum Gasteiger partial charge on any atom is 0.408 e. The maximum absolute atomic E-state index is 12.9. The van der Waals surface area contributed by atoms with Crippen molar-refractivity contribution in [3.8, 4) is 0 Å². The Morgan fingerprint density at radius 2 is 1.66 bits per heavy atom. The number of ether oxygens (including phenoxy) is 1. The normalized spacial score (nSPS) is 13.4. The number of nitrogens with two attached hydrogens (primary N) is 1. The highest BCUT2D eigenvalue weighted by Crippen LogP contribution is 2.20. The first-order chi connectivity index (χ1) is 13.6. The summed E-state index contributed by atoms with van der Waals surface area (Å²) in [4.78, 5) is 36.7. The molecule has 2 aromatic rings. The van der Waals surface area contributed by atoms with E-state index < -0.39 is 35.6 Å². The van der Waals surface area contributed by atoms with Crippen molar-refractivity contribution < 1.29 is 19.1 Å². The number of primary amides is 1. The van der Waals surface area contributed by atoms with Gasteiger partial charge in [0.1, 0.15) is 17.7 Å². The van der Waals surface area contributed by atoms with Crippen molar-refractivity contribution in [2.45, 2.75) is 58.2 Å². The van der Waals surface area contributed by atoms with Gasteiger partial charge in [-0.15, -0.1) is 0 Å². The third-order valence-electron chi connectivity index (χ3n) is 4.38. The lowest BCUT2D eigenvalue weighted by atomic mass is 9.98. The first-order valence-corrected chi connectivity index (χ1v) is 9.66. The second-order valence-corrected chi connectivity index (χ2v) is 7.91. The molecule has 0 saturated heterocycles. The minimum Gasteiger partial charge on any atom is -0.444 e. The predicted molar refractivity (Wildman–Crippen MR) is 112 cm³/mol. The van der Waals surface area contributed by atoms with Crippen LogP contribution in [0.5, 0.6) is 0 Å².